The lowest BCUT2D eigenvalue weighted by molar-refractivity contribution is 0.967. The first-order valence-corrected chi connectivity index (χ1v) is 13.2. The summed E-state index contributed by atoms with van der Waals surface area (Å²) in [5.41, 5.74) is 14.2. The number of allylic oxidation sites excluding steroid dienone is 4. The molecule has 0 spiro atoms. The summed E-state index contributed by atoms with van der Waals surface area (Å²) in [7, 11) is 0. The highest BCUT2D eigenvalue weighted by Gasteiger charge is 2.11. The maximum absolute atomic E-state index is 4.52. The Morgan fingerprint density at radius 2 is 1.46 bits per heavy atom. The highest BCUT2D eigenvalue weighted by molar-refractivity contribution is 5.83. The molecule has 0 fully saturated rings. The fourth-order valence-corrected chi connectivity index (χ4v) is 5.52. The van der Waals surface area contributed by atoms with Crippen LogP contribution in [-0.2, 0) is 6.42 Å². The Labute approximate surface area is 219 Å². The third kappa shape index (κ3) is 4.78. The Bertz CT molecular complexity index is 1660. The Morgan fingerprint density at radius 1 is 0.703 bits per heavy atom. The van der Waals surface area contributed by atoms with Gasteiger partial charge >= 0.3 is 0 Å². The predicted octanol–water partition coefficient (Wildman–Crippen LogP) is 9.59. The van der Waals surface area contributed by atoms with E-state index in [4.69, 9.17) is 0 Å². The molecule has 1 aliphatic rings. The highest BCUT2D eigenvalue weighted by atomic mass is 14.6. The van der Waals surface area contributed by atoms with Crippen LogP contribution in [-0.4, -0.2) is 4.98 Å². The average Bonchev–Trinajstić information content (AvgIpc) is 2.94. The van der Waals surface area contributed by atoms with Crippen LogP contribution in [0, 0.1) is 6.92 Å². The van der Waals surface area contributed by atoms with Crippen LogP contribution in [0.5, 0.6) is 0 Å². The van der Waals surface area contributed by atoms with E-state index in [1.807, 2.05) is 12.3 Å². The molecule has 180 valence electrons. The third-order valence-corrected chi connectivity index (χ3v) is 7.53. The highest BCUT2D eigenvalue weighted by Crippen LogP contribution is 2.33. The molecule has 0 saturated heterocycles. The Hall–Kier alpha value is -4.23. The Morgan fingerprint density at radius 3 is 2.27 bits per heavy atom. The summed E-state index contributed by atoms with van der Waals surface area (Å²) in [5.74, 6) is 0. The molecule has 0 radical (unpaired) electrons. The SMILES string of the molecule is CC1=C(c2ccc(-c3cccc(-c4cccc(Cc5cccc6ncccc56)c4)c3)cc2C)C=CCC1. The van der Waals surface area contributed by atoms with Gasteiger partial charge in [-0.2, -0.15) is 0 Å². The van der Waals surface area contributed by atoms with Gasteiger partial charge in [0.05, 0.1) is 5.52 Å². The van der Waals surface area contributed by atoms with Gasteiger partial charge < -0.3 is 0 Å². The van der Waals surface area contributed by atoms with Crippen molar-refractivity contribution in [2.45, 2.75) is 33.1 Å². The molecule has 1 heteroatoms. The van der Waals surface area contributed by atoms with E-state index in [2.05, 4.69) is 122 Å². The molecule has 0 bridgehead atoms. The minimum Gasteiger partial charge on any atom is -0.256 e. The van der Waals surface area contributed by atoms with Gasteiger partial charge in [0.25, 0.3) is 0 Å². The van der Waals surface area contributed by atoms with Gasteiger partial charge in [0.15, 0.2) is 0 Å². The molecule has 0 atom stereocenters. The second-order valence-corrected chi connectivity index (χ2v) is 10.1. The molecule has 0 N–H and O–H groups in total. The molecule has 1 nitrogen and oxygen atoms in total. The van der Waals surface area contributed by atoms with Crippen LogP contribution in [0.4, 0.5) is 0 Å². The number of aryl methyl sites for hydroxylation is 1. The fourth-order valence-electron chi connectivity index (χ4n) is 5.52. The summed E-state index contributed by atoms with van der Waals surface area (Å²) in [4.78, 5) is 4.52. The second kappa shape index (κ2) is 10.0. The first kappa shape index (κ1) is 23.2. The van der Waals surface area contributed by atoms with Crippen LogP contribution >= 0.6 is 0 Å². The molecule has 6 rings (SSSR count). The van der Waals surface area contributed by atoms with Crippen LogP contribution in [0.25, 0.3) is 38.7 Å². The quantitative estimate of drug-likeness (QED) is 0.245. The van der Waals surface area contributed by atoms with Crippen LogP contribution < -0.4 is 0 Å². The molecular weight excluding hydrogens is 446 g/mol. The van der Waals surface area contributed by atoms with Gasteiger partial charge in [-0.1, -0.05) is 96.6 Å². The van der Waals surface area contributed by atoms with E-state index >= 15 is 0 Å². The molecular formula is C36H31N. The molecule has 0 aliphatic heterocycles. The number of benzene rings is 4. The van der Waals surface area contributed by atoms with Crippen molar-refractivity contribution < 1.29 is 0 Å². The van der Waals surface area contributed by atoms with E-state index in [1.165, 1.54) is 61.0 Å². The first-order chi connectivity index (χ1) is 18.2. The number of pyridine rings is 1. The van der Waals surface area contributed by atoms with Crippen LogP contribution in [0.1, 0.15) is 42.0 Å². The van der Waals surface area contributed by atoms with Gasteiger partial charge in [0.2, 0.25) is 0 Å². The molecule has 0 amide bonds. The van der Waals surface area contributed by atoms with Crippen molar-refractivity contribution in [2.75, 3.05) is 0 Å². The van der Waals surface area contributed by atoms with Gasteiger partial charge in [0.1, 0.15) is 0 Å². The van der Waals surface area contributed by atoms with E-state index in [0.717, 1.165) is 24.8 Å². The van der Waals surface area contributed by atoms with E-state index < -0.39 is 0 Å². The third-order valence-electron chi connectivity index (χ3n) is 7.53. The number of nitrogens with zero attached hydrogens (tertiary/aromatic N) is 1. The Kier molecular flexibility index (Phi) is 6.28. The zero-order chi connectivity index (χ0) is 25.2. The molecule has 4 aromatic carbocycles. The molecule has 1 aromatic heterocycles. The maximum Gasteiger partial charge on any atom is 0.0704 e. The van der Waals surface area contributed by atoms with Gasteiger partial charge in [0, 0.05) is 11.6 Å². The van der Waals surface area contributed by atoms with E-state index in [-0.39, 0.29) is 0 Å². The largest absolute Gasteiger partial charge is 0.256 e. The average molecular weight is 478 g/mol. The summed E-state index contributed by atoms with van der Waals surface area (Å²) in [6.45, 7) is 4.50. The molecule has 0 saturated carbocycles. The van der Waals surface area contributed by atoms with E-state index in [1.54, 1.807) is 0 Å². The summed E-state index contributed by atoms with van der Waals surface area (Å²) < 4.78 is 0. The lowest BCUT2D eigenvalue weighted by Crippen LogP contribution is -1.95. The van der Waals surface area contributed by atoms with Crippen molar-refractivity contribution in [3.8, 4) is 22.3 Å². The molecule has 37 heavy (non-hydrogen) atoms. The summed E-state index contributed by atoms with van der Waals surface area (Å²) in [6.07, 6.45) is 9.65. The minimum atomic E-state index is 0.890. The number of rotatable bonds is 5. The number of aromatic nitrogens is 1. The number of hydrogen-bond acceptors (Lipinski definition) is 1. The zero-order valence-corrected chi connectivity index (χ0v) is 21.5. The molecule has 1 aliphatic carbocycles. The minimum absolute atomic E-state index is 0.890. The van der Waals surface area contributed by atoms with E-state index in [9.17, 15) is 0 Å². The van der Waals surface area contributed by atoms with Crippen LogP contribution in [0.3, 0.4) is 0 Å². The van der Waals surface area contributed by atoms with Gasteiger partial charge in [-0.3, -0.25) is 4.98 Å². The summed E-state index contributed by atoms with van der Waals surface area (Å²) in [6, 6.07) is 35.4. The lowest BCUT2D eigenvalue weighted by atomic mass is 9.89. The predicted molar refractivity (Wildman–Crippen MR) is 158 cm³/mol. The summed E-state index contributed by atoms with van der Waals surface area (Å²) in [5, 5.41) is 1.23. The second-order valence-electron chi connectivity index (χ2n) is 10.1. The normalized spacial score (nSPS) is 13.4. The number of fused-ring (bicyclic) bond motifs is 1. The van der Waals surface area contributed by atoms with Crippen molar-refractivity contribution in [1.82, 2.24) is 4.98 Å². The Balaban J connectivity index is 1.30. The molecule has 0 unspecified atom stereocenters. The van der Waals surface area contributed by atoms with Crippen molar-refractivity contribution in [2.24, 2.45) is 0 Å². The van der Waals surface area contributed by atoms with Gasteiger partial charge in [-0.25, -0.2) is 0 Å². The first-order valence-electron chi connectivity index (χ1n) is 13.2. The lowest BCUT2D eigenvalue weighted by Gasteiger charge is -2.16. The molecule has 5 aromatic rings. The topological polar surface area (TPSA) is 12.9 Å². The van der Waals surface area contributed by atoms with Crippen molar-refractivity contribution in [3.05, 3.63) is 143 Å². The van der Waals surface area contributed by atoms with Crippen molar-refractivity contribution in [3.63, 3.8) is 0 Å². The van der Waals surface area contributed by atoms with Crippen molar-refractivity contribution in [1.29, 1.82) is 0 Å². The number of hydrogen-bond donors (Lipinski definition) is 0. The monoisotopic (exact) mass is 477 g/mol. The fraction of sp³-hybridized carbons (Fsp3) is 0.139. The van der Waals surface area contributed by atoms with Crippen LogP contribution in [0.15, 0.2) is 121 Å². The zero-order valence-electron chi connectivity index (χ0n) is 21.5. The smallest absolute Gasteiger partial charge is 0.0704 e. The van der Waals surface area contributed by atoms with Gasteiger partial charge in [-0.15, -0.1) is 0 Å². The standard InChI is InChI=1S/C36H31N/c1-25-9-3-4-15-33(25)34-19-18-31(21-26(34)2)30-13-6-12-29(24-30)28-11-5-10-27(22-28)23-32-14-7-17-36-35(32)16-8-20-37-36/h4-8,10-22,24H,3,9,23H2,1-2H3. The van der Waals surface area contributed by atoms with E-state index in [0.29, 0.717) is 0 Å². The summed E-state index contributed by atoms with van der Waals surface area (Å²) >= 11 is 0. The maximum atomic E-state index is 4.52. The van der Waals surface area contributed by atoms with Gasteiger partial charge in [-0.05, 0) is 101 Å². The van der Waals surface area contributed by atoms with Crippen molar-refractivity contribution >= 4 is 16.5 Å². The molecule has 1 heterocycles. The van der Waals surface area contributed by atoms with Crippen LogP contribution in [0.2, 0.25) is 0 Å².